The van der Waals surface area contributed by atoms with Crippen molar-refractivity contribution in [2.45, 2.75) is 38.0 Å². The number of carbonyl (C=O) groups is 1. The molecule has 6 heteroatoms. The maximum Gasteiger partial charge on any atom is 0.228 e. The van der Waals surface area contributed by atoms with E-state index in [0.29, 0.717) is 16.0 Å². The van der Waals surface area contributed by atoms with Crippen LogP contribution < -0.4 is 5.32 Å². The van der Waals surface area contributed by atoms with Crippen LogP contribution in [-0.4, -0.2) is 11.1 Å². The van der Waals surface area contributed by atoms with Gasteiger partial charge in [0.05, 0.1) is 0 Å². The second kappa shape index (κ2) is 5.53. The van der Waals surface area contributed by atoms with Crippen molar-refractivity contribution in [3.63, 3.8) is 0 Å². The Hall–Kier alpha value is -1.52. The summed E-state index contributed by atoms with van der Waals surface area (Å²) >= 11 is 12.5. The van der Waals surface area contributed by atoms with Gasteiger partial charge in [0.2, 0.25) is 5.91 Å². The van der Waals surface area contributed by atoms with Gasteiger partial charge in [-0.25, -0.2) is 0 Å². The molecule has 2 saturated carbocycles. The Morgan fingerprint density at radius 2 is 2.00 bits per heavy atom. The van der Waals surface area contributed by atoms with Gasteiger partial charge in [-0.15, -0.1) is 0 Å². The number of benzene rings is 1. The molecule has 2 aliphatic rings. The van der Waals surface area contributed by atoms with Crippen molar-refractivity contribution in [1.29, 1.82) is 0 Å². The third-order valence-electron chi connectivity index (χ3n) is 4.58. The highest BCUT2D eigenvalue weighted by atomic mass is 35.5. The fraction of sp³-hybridized carbons (Fsp3) is 0.412. The third kappa shape index (κ3) is 2.74. The molecule has 0 unspecified atom stereocenters. The zero-order valence-electron chi connectivity index (χ0n) is 12.6. The number of aryl methyl sites for hydroxylation is 1. The summed E-state index contributed by atoms with van der Waals surface area (Å²) in [5.74, 6) is 1.18. The van der Waals surface area contributed by atoms with Gasteiger partial charge >= 0.3 is 0 Å². The summed E-state index contributed by atoms with van der Waals surface area (Å²) in [5.41, 5.74) is 2.35. The monoisotopic (exact) mass is 350 g/mol. The number of rotatable bonds is 4. The number of hydrogen-bond donors (Lipinski definition) is 1. The van der Waals surface area contributed by atoms with Crippen molar-refractivity contribution in [2.75, 3.05) is 5.32 Å². The number of nitrogens with zero attached hydrogens (tertiary/aromatic N) is 1. The average molecular weight is 351 g/mol. The molecule has 1 heterocycles. The number of hydrogen-bond acceptors (Lipinski definition) is 3. The number of carbonyl (C=O) groups excluding carboxylic acids is 1. The molecule has 2 fully saturated rings. The fourth-order valence-electron chi connectivity index (χ4n) is 3.05. The van der Waals surface area contributed by atoms with Crippen molar-refractivity contribution < 1.29 is 9.32 Å². The Labute approximate surface area is 144 Å². The molecule has 23 heavy (non-hydrogen) atoms. The first-order valence-corrected chi connectivity index (χ1v) is 8.52. The zero-order valence-corrected chi connectivity index (χ0v) is 14.1. The summed E-state index contributed by atoms with van der Waals surface area (Å²) < 4.78 is 5.36. The van der Waals surface area contributed by atoms with Crippen LogP contribution in [0.1, 0.15) is 48.1 Å². The van der Waals surface area contributed by atoms with Crippen LogP contribution in [0, 0.1) is 12.8 Å². The predicted molar refractivity (Wildman–Crippen MR) is 89.2 cm³/mol. The highest BCUT2D eigenvalue weighted by Crippen LogP contribution is 2.52. The minimum absolute atomic E-state index is 0.0146. The molecule has 2 aromatic rings. The molecule has 2 atom stereocenters. The van der Waals surface area contributed by atoms with Crippen molar-refractivity contribution in [1.82, 2.24) is 5.16 Å². The first-order valence-electron chi connectivity index (χ1n) is 7.77. The third-order valence-corrected chi connectivity index (χ3v) is 5.24. The van der Waals surface area contributed by atoms with E-state index in [0.717, 1.165) is 42.0 Å². The summed E-state index contributed by atoms with van der Waals surface area (Å²) in [5, 5.41) is 8.23. The van der Waals surface area contributed by atoms with Crippen LogP contribution in [0.2, 0.25) is 10.0 Å². The van der Waals surface area contributed by atoms with E-state index < -0.39 is 0 Å². The van der Waals surface area contributed by atoms with Gasteiger partial charge in [-0.1, -0.05) is 34.4 Å². The summed E-state index contributed by atoms with van der Waals surface area (Å²) in [6, 6.07) is 5.44. The molecule has 1 N–H and O–H groups in total. The van der Waals surface area contributed by atoms with E-state index >= 15 is 0 Å². The second-order valence-corrected chi connectivity index (χ2v) is 7.17. The molecule has 1 amide bonds. The van der Waals surface area contributed by atoms with Gasteiger partial charge in [0.15, 0.2) is 5.76 Å². The number of amides is 1. The first-order chi connectivity index (χ1) is 11.1. The van der Waals surface area contributed by atoms with Gasteiger partial charge < -0.3 is 9.84 Å². The van der Waals surface area contributed by atoms with Gasteiger partial charge in [-0.3, -0.25) is 4.79 Å². The van der Waals surface area contributed by atoms with E-state index in [9.17, 15) is 4.79 Å². The lowest BCUT2D eigenvalue weighted by molar-refractivity contribution is -0.117. The van der Waals surface area contributed by atoms with Crippen LogP contribution in [0.3, 0.4) is 0 Å². The second-order valence-electron chi connectivity index (χ2n) is 6.35. The van der Waals surface area contributed by atoms with E-state index in [1.807, 2.05) is 25.1 Å². The van der Waals surface area contributed by atoms with Crippen LogP contribution in [0.5, 0.6) is 0 Å². The molecule has 0 aliphatic heterocycles. The molecular formula is C17H16Cl2N2O2. The lowest BCUT2D eigenvalue weighted by Gasteiger charge is -2.07. The number of nitrogens with one attached hydrogen (secondary N) is 1. The van der Waals surface area contributed by atoms with Crippen molar-refractivity contribution in [3.05, 3.63) is 45.3 Å². The quantitative estimate of drug-likeness (QED) is 0.852. The maximum absolute atomic E-state index is 12.6. The summed E-state index contributed by atoms with van der Waals surface area (Å²) in [4.78, 5) is 12.6. The van der Waals surface area contributed by atoms with E-state index in [1.165, 1.54) is 0 Å². The Kier molecular flexibility index (Phi) is 3.62. The summed E-state index contributed by atoms with van der Waals surface area (Å²) in [6.45, 7) is 1.85. The number of anilines is 1. The molecule has 4 rings (SSSR count). The zero-order chi connectivity index (χ0) is 16.1. The van der Waals surface area contributed by atoms with E-state index in [1.54, 1.807) is 0 Å². The Bertz CT molecular complexity index is 763. The highest BCUT2D eigenvalue weighted by Gasteiger charge is 2.46. The molecule has 1 aromatic carbocycles. The minimum atomic E-state index is -0.103. The lowest BCUT2D eigenvalue weighted by Crippen LogP contribution is -2.16. The van der Waals surface area contributed by atoms with Crippen LogP contribution in [0.4, 0.5) is 5.69 Å². The van der Waals surface area contributed by atoms with Crippen LogP contribution >= 0.6 is 23.2 Å². The molecular weight excluding hydrogens is 335 g/mol. The van der Waals surface area contributed by atoms with Crippen molar-refractivity contribution >= 4 is 34.8 Å². The Morgan fingerprint density at radius 3 is 2.65 bits per heavy atom. The molecule has 1 aromatic heterocycles. The van der Waals surface area contributed by atoms with Crippen molar-refractivity contribution in [2.24, 2.45) is 5.92 Å². The molecule has 0 saturated heterocycles. The SMILES string of the molecule is Cc1noc(C2CC2)c1NC(=O)[C@H]1C[C@@H]1c1c(Cl)cccc1Cl. The fourth-order valence-corrected chi connectivity index (χ4v) is 3.73. The maximum atomic E-state index is 12.6. The van der Waals surface area contributed by atoms with Gasteiger partial charge in [0.25, 0.3) is 0 Å². The molecule has 2 aliphatic carbocycles. The highest BCUT2D eigenvalue weighted by molar-refractivity contribution is 6.36. The van der Waals surface area contributed by atoms with Gasteiger partial charge in [0, 0.05) is 21.9 Å². The van der Waals surface area contributed by atoms with Gasteiger partial charge in [0.1, 0.15) is 11.4 Å². The van der Waals surface area contributed by atoms with E-state index in [2.05, 4.69) is 10.5 Å². The normalized spacial score (nSPS) is 22.9. The average Bonchev–Trinajstić information content (AvgIpc) is 3.41. The largest absolute Gasteiger partial charge is 0.359 e. The molecule has 0 bridgehead atoms. The molecule has 4 nitrogen and oxygen atoms in total. The van der Waals surface area contributed by atoms with Crippen molar-refractivity contribution in [3.8, 4) is 0 Å². The molecule has 120 valence electrons. The topological polar surface area (TPSA) is 55.1 Å². The smallest absolute Gasteiger partial charge is 0.228 e. The lowest BCUT2D eigenvalue weighted by atomic mass is 10.1. The van der Waals surface area contributed by atoms with Crippen LogP contribution in [0.15, 0.2) is 22.7 Å². The van der Waals surface area contributed by atoms with E-state index in [-0.39, 0.29) is 17.7 Å². The van der Waals surface area contributed by atoms with Crippen LogP contribution in [-0.2, 0) is 4.79 Å². The van der Waals surface area contributed by atoms with Gasteiger partial charge in [-0.2, -0.15) is 0 Å². The molecule has 0 spiro atoms. The Morgan fingerprint density at radius 1 is 1.30 bits per heavy atom. The van der Waals surface area contributed by atoms with E-state index in [4.69, 9.17) is 27.7 Å². The minimum Gasteiger partial charge on any atom is -0.359 e. The predicted octanol–water partition coefficient (Wildman–Crippen LogP) is 4.91. The first kappa shape index (κ1) is 15.0. The standard InChI is InChI=1S/C17H16Cl2N2O2/c1-8-15(16(23-21-8)9-5-6-9)20-17(22)11-7-10(11)14-12(18)3-2-4-13(14)19/h2-4,9-11H,5-7H2,1H3,(H,20,22)/t10-,11-/m0/s1. The molecule has 0 radical (unpaired) electrons. The number of halogens is 2. The summed E-state index contributed by atoms with van der Waals surface area (Å²) in [7, 11) is 0. The summed E-state index contributed by atoms with van der Waals surface area (Å²) in [6.07, 6.45) is 2.95. The number of aromatic nitrogens is 1. The van der Waals surface area contributed by atoms with Gasteiger partial charge in [-0.05, 0) is 49.8 Å². The van der Waals surface area contributed by atoms with Crippen LogP contribution in [0.25, 0.3) is 0 Å². The Balaban J connectivity index is 1.51.